The van der Waals surface area contributed by atoms with Crippen LogP contribution in [0.15, 0.2) is 23.0 Å². The summed E-state index contributed by atoms with van der Waals surface area (Å²) in [7, 11) is 0. The van der Waals surface area contributed by atoms with E-state index < -0.39 is 0 Å². The predicted molar refractivity (Wildman–Crippen MR) is 134 cm³/mol. The third-order valence-electron chi connectivity index (χ3n) is 7.28. The smallest absolute Gasteiger partial charge is 0.252 e. The molecule has 1 fully saturated rings. The molecule has 1 aliphatic rings. The van der Waals surface area contributed by atoms with Gasteiger partial charge in [0.2, 0.25) is 0 Å². The molecule has 0 aliphatic carbocycles. The number of aromatic amines is 1. The average molecular weight is 467 g/mol. The number of ether oxygens (including phenoxy) is 1. The molecule has 3 aromatic rings. The van der Waals surface area contributed by atoms with E-state index in [0.29, 0.717) is 6.54 Å². The van der Waals surface area contributed by atoms with Crippen molar-refractivity contribution in [1.82, 2.24) is 30.1 Å². The maximum Gasteiger partial charge on any atom is 0.252 e. The fraction of sp³-hybridized carbons (Fsp3) is 0.615. The van der Waals surface area contributed by atoms with Gasteiger partial charge in [-0.3, -0.25) is 9.69 Å². The van der Waals surface area contributed by atoms with Gasteiger partial charge in [0, 0.05) is 36.2 Å². The summed E-state index contributed by atoms with van der Waals surface area (Å²) in [6.07, 6.45) is 4.00. The Morgan fingerprint density at radius 3 is 2.74 bits per heavy atom. The van der Waals surface area contributed by atoms with Crippen molar-refractivity contribution in [3.8, 4) is 0 Å². The zero-order valence-corrected chi connectivity index (χ0v) is 21.4. The lowest BCUT2D eigenvalue weighted by Gasteiger charge is -2.34. The maximum atomic E-state index is 13.1. The summed E-state index contributed by atoms with van der Waals surface area (Å²) in [5.41, 5.74) is 3.71. The topological polar surface area (TPSA) is 88.9 Å². The molecule has 0 saturated carbocycles. The van der Waals surface area contributed by atoms with Crippen LogP contribution in [0, 0.1) is 13.8 Å². The van der Waals surface area contributed by atoms with Crippen LogP contribution in [0.4, 0.5) is 0 Å². The zero-order valence-electron chi connectivity index (χ0n) is 21.4. The number of nitrogens with zero attached hydrogens (tertiary/aromatic N) is 5. The standard InChI is InChI=1S/C26H38N6O2/c1-7-23(24-28-29-30-32(24)26(5,6)8-2)31(16-20-10-9-11-34-20)15-19-14-21-18(4)12-17(3)13-22(21)27-25(19)33/h12-14,20,23H,7-11,15-16H2,1-6H3,(H,27,33)/t20-,23-/m0/s1. The van der Waals surface area contributed by atoms with Gasteiger partial charge in [0.25, 0.3) is 5.56 Å². The lowest BCUT2D eigenvalue weighted by molar-refractivity contribution is 0.0475. The van der Waals surface area contributed by atoms with Gasteiger partial charge in [0.1, 0.15) is 0 Å². The second-order valence-corrected chi connectivity index (χ2v) is 10.3. The molecule has 3 heterocycles. The molecule has 1 aromatic carbocycles. The van der Waals surface area contributed by atoms with E-state index in [2.05, 4.69) is 79.1 Å². The number of nitrogens with one attached hydrogen (secondary N) is 1. The van der Waals surface area contributed by atoms with Gasteiger partial charge in [-0.25, -0.2) is 4.68 Å². The molecule has 8 nitrogen and oxygen atoms in total. The Labute approximate surface area is 201 Å². The first-order valence-electron chi connectivity index (χ1n) is 12.5. The molecule has 0 bridgehead atoms. The number of pyridine rings is 1. The summed E-state index contributed by atoms with van der Waals surface area (Å²) in [5, 5.41) is 14.0. The number of fused-ring (bicyclic) bond motifs is 1. The molecule has 0 unspecified atom stereocenters. The Kier molecular flexibility index (Phi) is 7.19. The molecule has 1 aliphatic heterocycles. The monoisotopic (exact) mass is 466 g/mol. The Morgan fingerprint density at radius 1 is 1.26 bits per heavy atom. The number of aryl methyl sites for hydroxylation is 2. The number of H-pyrrole nitrogens is 1. The van der Waals surface area contributed by atoms with Crippen LogP contribution in [-0.4, -0.2) is 49.3 Å². The molecule has 184 valence electrons. The zero-order chi connectivity index (χ0) is 24.5. The van der Waals surface area contributed by atoms with Crippen LogP contribution < -0.4 is 5.56 Å². The highest BCUT2D eigenvalue weighted by molar-refractivity contribution is 5.83. The second kappa shape index (κ2) is 9.96. The first-order valence-corrected chi connectivity index (χ1v) is 12.5. The molecule has 2 atom stereocenters. The minimum Gasteiger partial charge on any atom is -0.377 e. The normalized spacial score (nSPS) is 17.7. The average Bonchev–Trinajstić information content (AvgIpc) is 3.48. The van der Waals surface area contributed by atoms with Gasteiger partial charge in [0.15, 0.2) is 5.82 Å². The summed E-state index contributed by atoms with van der Waals surface area (Å²) in [5.74, 6) is 0.844. The van der Waals surface area contributed by atoms with Gasteiger partial charge in [-0.2, -0.15) is 0 Å². The maximum absolute atomic E-state index is 13.1. The van der Waals surface area contributed by atoms with E-state index in [1.165, 1.54) is 5.56 Å². The molecule has 1 saturated heterocycles. The van der Waals surface area contributed by atoms with Crippen molar-refractivity contribution >= 4 is 10.9 Å². The summed E-state index contributed by atoms with van der Waals surface area (Å²) < 4.78 is 7.96. The summed E-state index contributed by atoms with van der Waals surface area (Å²) in [6.45, 7) is 14.8. The first kappa shape index (κ1) is 24.5. The van der Waals surface area contributed by atoms with Crippen molar-refractivity contribution in [2.24, 2.45) is 0 Å². The van der Waals surface area contributed by atoms with Crippen LogP contribution in [0.2, 0.25) is 0 Å². The Bertz CT molecular complexity index is 1190. The van der Waals surface area contributed by atoms with E-state index in [-0.39, 0.29) is 23.2 Å². The van der Waals surface area contributed by atoms with Crippen molar-refractivity contribution in [2.45, 2.75) is 91.5 Å². The van der Waals surface area contributed by atoms with Crippen LogP contribution in [0.25, 0.3) is 10.9 Å². The SMILES string of the molecule is CC[C@@H](c1nnnn1C(C)(C)CC)N(Cc1cc2c(C)cc(C)cc2[nH]c1=O)C[C@@H]1CCCO1. The quantitative estimate of drug-likeness (QED) is 0.503. The van der Waals surface area contributed by atoms with Gasteiger partial charge in [0.05, 0.1) is 17.7 Å². The third-order valence-corrected chi connectivity index (χ3v) is 7.28. The van der Waals surface area contributed by atoms with Crippen LogP contribution >= 0.6 is 0 Å². The fourth-order valence-corrected chi connectivity index (χ4v) is 4.99. The van der Waals surface area contributed by atoms with E-state index in [9.17, 15) is 4.79 Å². The Balaban J connectivity index is 1.74. The molecule has 2 aromatic heterocycles. The van der Waals surface area contributed by atoms with Crippen LogP contribution in [0.5, 0.6) is 0 Å². The van der Waals surface area contributed by atoms with E-state index in [1.807, 2.05) is 10.7 Å². The molecule has 0 amide bonds. The number of hydrogen-bond acceptors (Lipinski definition) is 6. The van der Waals surface area contributed by atoms with Crippen molar-refractivity contribution in [2.75, 3.05) is 13.2 Å². The second-order valence-electron chi connectivity index (χ2n) is 10.3. The molecule has 34 heavy (non-hydrogen) atoms. The summed E-state index contributed by atoms with van der Waals surface area (Å²) in [4.78, 5) is 18.6. The van der Waals surface area contributed by atoms with Gasteiger partial charge in [-0.1, -0.05) is 19.9 Å². The Morgan fingerprint density at radius 2 is 2.06 bits per heavy atom. The van der Waals surface area contributed by atoms with Crippen molar-refractivity contribution in [3.63, 3.8) is 0 Å². The number of rotatable bonds is 9. The van der Waals surface area contributed by atoms with Crippen molar-refractivity contribution in [3.05, 3.63) is 51.1 Å². The van der Waals surface area contributed by atoms with Crippen LogP contribution in [-0.2, 0) is 16.8 Å². The van der Waals surface area contributed by atoms with Crippen molar-refractivity contribution in [1.29, 1.82) is 0 Å². The minimum absolute atomic E-state index is 0.0285. The third kappa shape index (κ3) is 4.93. The number of hydrogen-bond donors (Lipinski definition) is 1. The highest BCUT2D eigenvalue weighted by Crippen LogP contribution is 2.30. The van der Waals surface area contributed by atoms with E-state index >= 15 is 0 Å². The Hall–Kier alpha value is -2.58. The van der Waals surface area contributed by atoms with Gasteiger partial charge >= 0.3 is 0 Å². The number of aromatic nitrogens is 5. The first-order chi connectivity index (χ1) is 16.2. The molecular formula is C26H38N6O2. The largest absolute Gasteiger partial charge is 0.377 e. The van der Waals surface area contributed by atoms with E-state index in [1.54, 1.807) is 0 Å². The van der Waals surface area contributed by atoms with E-state index in [4.69, 9.17) is 4.74 Å². The fourth-order valence-electron chi connectivity index (χ4n) is 4.99. The van der Waals surface area contributed by atoms with Gasteiger partial charge in [-0.05, 0) is 87.1 Å². The number of tetrazole rings is 1. The molecule has 1 N–H and O–H groups in total. The lowest BCUT2D eigenvalue weighted by atomic mass is 10.0. The molecule has 0 spiro atoms. The highest BCUT2D eigenvalue weighted by Gasteiger charge is 2.32. The molecule has 8 heteroatoms. The predicted octanol–water partition coefficient (Wildman–Crippen LogP) is 4.41. The van der Waals surface area contributed by atoms with Crippen molar-refractivity contribution < 1.29 is 4.74 Å². The summed E-state index contributed by atoms with van der Waals surface area (Å²) in [6, 6.07) is 6.22. The van der Waals surface area contributed by atoms with Gasteiger partial charge < -0.3 is 9.72 Å². The van der Waals surface area contributed by atoms with Gasteiger partial charge in [-0.15, -0.1) is 5.10 Å². The van der Waals surface area contributed by atoms with Crippen LogP contribution in [0.1, 0.15) is 81.9 Å². The molecule has 0 radical (unpaired) electrons. The lowest BCUT2D eigenvalue weighted by Crippen LogP contribution is -2.39. The molecule has 4 rings (SSSR count). The number of benzene rings is 1. The molecular weight excluding hydrogens is 428 g/mol. The van der Waals surface area contributed by atoms with E-state index in [0.717, 1.165) is 66.7 Å². The highest BCUT2D eigenvalue weighted by atomic mass is 16.5. The summed E-state index contributed by atoms with van der Waals surface area (Å²) >= 11 is 0. The van der Waals surface area contributed by atoms with Crippen LogP contribution in [0.3, 0.4) is 0 Å². The minimum atomic E-state index is -0.197.